The summed E-state index contributed by atoms with van der Waals surface area (Å²) >= 11 is 0. The smallest absolute Gasteiger partial charge is 0.123 e. The van der Waals surface area contributed by atoms with Gasteiger partial charge in [0.25, 0.3) is 0 Å². The van der Waals surface area contributed by atoms with Crippen LogP contribution in [0.25, 0.3) is 0 Å². The van der Waals surface area contributed by atoms with Gasteiger partial charge in [-0.25, -0.2) is 0 Å². The highest BCUT2D eigenvalue weighted by Gasteiger charge is 2.20. The molecule has 4 heteroatoms. The predicted octanol–water partition coefficient (Wildman–Crippen LogP) is 1.83. The summed E-state index contributed by atoms with van der Waals surface area (Å²) in [4.78, 5) is 2.20. The van der Waals surface area contributed by atoms with E-state index in [2.05, 4.69) is 11.9 Å². The molecule has 0 aliphatic heterocycles. The van der Waals surface area contributed by atoms with Crippen molar-refractivity contribution in [2.45, 2.75) is 19.4 Å². The third-order valence-electron chi connectivity index (χ3n) is 3.42. The summed E-state index contributed by atoms with van der Waals surface area (Å²) in [6.07, 6.45) is 2.67. The zero-order valence-corrected chi connectivity index (χ0v) is 11.6. The van der Waals surface area contributed by atoms with Crippen LogP contribution in [-0.2, 0) is 11.3 Å². The van der Waals surface area contributed by atoms with Crippen molar-refractivity contribution in [3.05, 3.63) is 35.4 Å². The number of amidine groups is 1. The van der Waals surface area contributed by atoms with Crippen molar-refractivity contribution in [1.29, 1.82) is 5.41 Å². The Bertz CT molecular complexity index is 429. The molecule has 1 aromatic carbocycles. The van der Waals surface area contributed by atoms with E-state index in [1.807, 2.05) is 24.3 Å². The number of hydrogen-bond acceptors (Lipinski definition) is 3. The van der Waals surface area contributed by atoms with E-state index >= 15 is 0 Å². The fourth-order valence-corrected chi connectivity index (χ4v) is 2.05. The highest BCUT2D eigenvalue weighted by atomic mass is 16.5. The number of nitrogens with two attached hydrogens (primary N) is 1. The highest BCUT2D eigenvalue weighted by molar-refractivity contribution is 5.96. The number of benzene rings is 1. The lowest BCUT2D eigenvalue weighted by Gasteiger charge is -2.18. The van der Waals surface area contributed by atoms with Crippen molar-refractivity contribution < 1.29 is 4.74 Å². The molecule has 0 radical (unpaired) electrons. The molecule has 4 nitrogen and oxygen atoms in total. The zero-order chi connectivity index (χ0) is 13.7. The molecule has 2 rings (SSSR count). The Labute approximate surface area is 115 Å². The average Bonchev–Trinajstić information content (AvgIpc) is 3.19. The molecule has 19 heavy (non-hydrogen) atoms. The van der Waals surface area contributed by atoms with Crippen LogP contribution in [0.15, 0.2) is 24.3 Å². The molecule has 0 saturated heterocycles. The molecule has 1 aliphatic carbocycles. The quantitative estimate of drug-likeness (QED) is 0.426. The third-order valence-corrected chi connectivity index (χ3v) is 3.42. The van der Waals surface area contributed by atoms with Crippen LogP contribution < -0.4 is 5.73 Å². The van der Waals surface area contributed by atoms with Crippen molar-refractivity contribution in [2.75, 3.05) is 26.8 Å². The van der Waals surface area contributed by atoms with Crippen molar-refractivity contribution in [3.63, 3.8) is 0 Å². The Hall–Kier alpha value is -1.39. The fourth-order valence-electron chi connectivity index (χ4n) is 2.05. The molecular formula is C15H23N3O. The molecule has 1 aromatic rings. The Morgan fingerprint density at radius 3 is 2.84 bits per heavy atom. The van der Waals surface area contributed by atoms with E-state index in [9.17, 15) is 0 Å². The molecule has 3 N–H and O–H groups in total. The van der Waals surface area contributed by atoms with Crippen molar-refractivity contribution in [1.82, 2.24) is 4.90 Å². The van der Waals surface area contributed by atoms with Crippen molar-refractivity contribution in [3.8, 4) is 0 Å². The first-order chi connectivity index (χ1) is 9.16. The van der Waals surface area contributed by atoms with E-state index in [0.717, 1.165) is 43.3 Å². The summed E-state index contributed by atoms with van der Waals surface area (Å²) in [7, 11) is 2.07. The van der Waals surface area contributed by atoms with Gasteiger partial charge in [0.2, 0.25) is 0 Å². The summed E-state index contributed by atoms with van der Waals surface area (Å²) in [6.45, 7) is 3.38. The van der Waals surface area contributed by atoms with E-state index in [1.165, 1.54) is 12.8 Å². The number of likely N-dealkylation sites (N-methyl/N-ethyl adjacent to an activating group) is 1. The summed E-state index contributed by atoms with van der Waals surface area (Å²) in [5, 5.41) is 7.58. The molecule has 0 bridgehead atoms. The van der Waals surface area contributed by atoms with E-state index in [1.54, 1.807) is 0 Å². The van der Waals surface area contributed by atoms with Crippen molar-refractivity contribution >= 4 is 5.84 Å². The lowest BCUT2D eigenvalue weighted by Crippen LogP contribution is -2.25. The molecule has 0 aromatic heterocycles. The lowest BCUT2D eigenvalue weighted by atomic mass is 10.1. The number of nitrogens with zero attached hydrogens (tertiary/aromatic N) is 1. The third kappa shape index (κ3) is 4.65. The second kappa shape index (κ2) is 6.68. The van der Waals surface area contributed by atoms with E-state index in [-0.39, 0.29) is 5.84 Å². The van der Waals surface area contributed by atoms with Crippen LogP contribution in [0.1, 0.15) is 24.0 Å². The van der Waals surface area contributed by atoms with Gasteiger partial charge in [-0.15, -0.1) is 0 Å². The van der Waals surface area contributed by atoms with Gasteiger partial charge in [-0.3, -0.25) is 10.3 Å². The normalized spacial score (nSPS) is 14.8. The van der Waals surface area contributed by atoms with Crippen LogP contribution >= 0.6 is 0 Å². The molecule has 0 heterocycles. The first-order valence-corrected chi connectivity index (χ1v) is 6.85. The number of nitrogen functional groups attached to an aromatic ring is 1. The van der Waals surface area contributed by atoms with Crippen LogP contribution in [0.3, 0.4) is 0 Å². The lowest BCUT2D eigenvalue weighted by molar-refractivity contribution is 0.102. The minimum Gasteiger partial charge on any atom is -0.384 e. The van der Waals surface area contributed by atoms with Gasteiger partial charge in [-0.2, -0.15) is 0 Å². The highest BCUT2D eigenvalue weighted by Crippen LogP contribution is 2.28. The molecule has 1 aliphatic rings. The van der Waals surface area contributed by atoms with Crippen LogP contribution in [-0.4, -0.2) is 37.5 Å². The van der Waals surface area contributed by atoms with Crippen molar-refractivity contribution in [2.24, 2.45) is 11.7 Å². The molecular weight excluding hydrogens is 238 g/mol. The average molecular weight is 261 g/mol. The zero-order valence-electron chi connectivity index (χ0n) is 11.6. The van der Waals surface area contributed by atoms with E-state index in [0.29, 0.717) is 0 Å². The van der Waals surface area contributed by atoms with Crippen LogP contribution in [0.4, 0.5) is 0 Å². The molecule has 0 spiro atoms. The van der Waals surface area contributed by atoms with E-state index < -0.39 is 0 Å². The Morgan fingerprint density at radius 2 is 2.16 bits per heavy atom. The molecule has 0 atom stereocenters. The first-order valence-electron chi connectivity index (χ1n) is 6.85. The monoisotopic (exact) mass is 261 g/mol. The van der Waals surface area contributed by atoms with Gasteiger partial charge in [0.1, 0.15) is 5.84 Å². The standard InChI is InChI=1S/C15H23N3O/c1-18(8-9-19-11-12-6-7-12)10-13-4-2-3-5-14(13)15(16)17/h2-5,12H,6-11H2,1H3,(H3,16,17). The van der Waals surface area contributed by atoms with Gasteiger partial charge >= 0.3 is 0 Å². The SMILES string of the molecule is CN(CCOCC1CC1)Cc1ccccc1C(=N)N. The minimum atomic E-state index is 0.133. The van der Waals surface area contributed by atoms with Gasteiger partial charge < -0.3 is 10.5 Å². The van der Waals surface area contributed by atoms with Crippen LogP contribution in [0, 0.1) is 11.3 Å². The maximum atomic E-state index is 7.58. The van der Waals surface area contributed by atoms with Gasteiger partial charge in [-0.05, 0) is 31.4 Å². The van der Waals surface area contributed by atoms with Gasteiger partial charge in [0, 0.05) is 25.3 Å². The van der Waals surface area contributed by atoms with Crippen LogP contribution in [0.2, 0.25) is 0 Å². The summed E-state index contributed by atoms with van der Waals surface area (Å²) in [5.41, 5.74) is 7.52. The molecule has 0 amide bonds. The number of nitrogens with one attached hydrogen (secondary N) is 1. The second-order valence-electron chi connectivity index (χ2n) is 5.33. The Morgan fingerprint density at radius 1 is 1.42 bits per heavy atom. The number of ether oxygens (including phenoxy) is 1. The Balaban J connectivity index is 1.77. The molecule has 104 valence electrons. The van der Waals surface area contributed by atoms with E-state index in [4.69, 9.17) is 15.9 Å². The van der Waals surface area contributed by atoms with Gasteiger partial charge in [0.15, 0.2) is 0 Å². The minimum absolute atomic E-state index is 0.133. The van der Waals surface area contributed by atoms with Crippen LogP contribution in [0.5, 0.6) is 0 Å². The van der Waals surface area contributed by atoms with Gasteiger partial charge in [0.05, 0.1) is 6.61 Å². The molecule has 1 saturated carbocycles. The summed E-state index contributed by atoms with van der Waals surface area (Å²) < 4.78 is 5.64. The maximum Gasteiger partial charge on any atom is 0.123 e. The van der Waals surface area contributed by atoms with Gasteiger partial charge in [-0.1, -0.05) is 24.3 Å². The molecule has 0 unspecified atom stereocenters. The first kappa shape index (κ1) is 14.0. The summed E-state index contributed by atoms with van der Waals surface area (Å²) in [5.74, 6) is 0.956. The Kier molecular flexibility index (Phi) is 4.93. The fraction of sp³-hybridized carbons (Fsp3) is 0.533. The second-order valence-corrected chi connectivity index (χ2v) is 5.33. The summed E-state index contributed by atoms with van der Waals surface area (Å²) in [6, 6.07) is 7.82. The predicted molar refractivity (Wildman–Crippen MR) is 77.3 cm³/mol. The number of rotatable bonds is 8. The molecule has 1 fully saturated rings. The maximum absolute atomic E-state index is 7.58. The largest absolute Gasteiger partial charge is 0.384 e. The topological polar surface area (TPSA) is 62.3 Å². The number of hydrogen-bond donors (Lipinski definition) is 2.